The van der Waals surface area contributed by atoms with Crippen molar-refractivity contribution in [2.45, 2.75) is 46.2 Å². The van der Waals surface area contributed by atoms with Gasteiger partial charge in [-0.05, 0) is 38.0 Å². The molecule has 4 heteroatoms. The van der Waals surface area contributed by atoms with E-state index in [-0.39, 0.29) is 6.04 Å². The predicted molar refractivity (Wildman–Crippen MR) is 81.6 cm³/mol. The van der Waals surface area contributed by atoms with Crippen LogP contribution in [0.3, 0.4) is 0 Å². The average molecular weight is 280 g/mol. The molecule has 0 aliphatic rings. The van der Waals surface area contributed by atoms with Gasteiger partial charge in [-0.25, -0.2) is 4.98 Å². The van der Waals surface area contributed by atoms with Gasteiger partial charge in [0.2, 0.25) is 0 Å². The summed E-state index contributed by atoms with van der Waals surface area (Å²) in [6.07, 6.45) is 0.794. The van der Waals surface area contributed by atoms with Crippen LogP contribution in [0.5, 0.6) is 0 Å². The van der Waals surface area contributed by atoms with Gasteiger partial charge in [-0.2, -0.15) is 0 Å². The average Bonchev–Trinajstić information content (AvgIpc) is 2.65. The topological polar surface area (TPSA) is 43.8 Å². The molecular weight excluding hydrogens is 258 g/mol. The SMILES string of the molecule is CC(C)C(N)Cc1nc2ccc(Cl)cc2n1C(C)C. The molecule has 1 aromatic heterocycles. The summed E-state index contributed by atoms with van der Waals surface area (Å²) < 4.78 is 2.24. The van der Waals surface area contributed by atoms with E-state index in [1.807, 2.05) is 18.2 Å². The summed E-state index contributed by atoms with van der Waals surface area (Å²) in [6, 6.07) is 6.31. The summed E-state index contributed by atoms with van der Waals surface area (Å²) >= 11 is 6.09. The number of hydrogen-bond donors (Lipinski definition) is 1. The minimum Gasteiger partial charge on any atom is -0.327 e. The van der Waals surface area contributed by atoms with Crippen LogP contribution in [0.1, 0.15) is 39.6 Å². The van der Waals surface area contributed by atoms with Gasteiger partial charge in [-0.15, -0.1) is 0 Å². The molecule has 0 spiro atoms. The fourth-order valence-corrected chi connectivity index (χ4v) is 2.45. The molecule has 1 aromatic carbocycles. The van der Waals surface area contributed by atoms with Gasteiger partial charge in [0.1, 0.15) is 5.82 Å². The first-order chi connectivity index (χ1) is 8.90. The Bertz CT molecular complexity index is 572. The van der Waals surface area contributed by atoms with Crippen molar-refractivity contribution in [1.82, 2.24) is 9.55 Å². The number of halogens is 1. The number of imidazole rings is 1. The number of benzene rings is 1. The molecule has 0 saturated heterocycles. The van der Waals surface area contributed by atoms with E-state index in [4.69, 9.17) is 22.3 Å². The van der Waals surface area contributed by atoms with Crippen LogP contribution in [0.2, 0.25) is 5.02 Å². The molecule has 0 bridgehead atoms. The largest absolute Gasteiger partial charge is 0.327 e. The lowest BCUT2D eigenvalue weighted by molar-refractivity contribution is 0.464. The van der Waals surface area contributed by atoms with Gasteiger partial charge in [0.25, 0.3) is 0 Å². The van der Waals surface area contributed by atoms with E-state index in [1.165, 1.54) is 0 Å². The molecular formula is C15H22ClN3. The minimum absolute atomic E-state index is 0.129. The second-order valence-electron chi connectivity index (χ2n) is 5.74. The Hall–Kier alpha value is -1.06. The zero-order valence-electron chi connectivity index (χ0n) is 12.0. The zero-order chi connectivity index (χ0) is 14.2. The van der Waals surface area contributed by atoms with Gasteiger partial charge < -0.3 is 10.3 Å². The molecule has 0 aliphatic heterocycles. The molecule has 2 aromatic rings. The third-order valence-electron chi connectivity index (χ3n) is 3.52. The highest BCUT2D eigenvalue weighted by molar-refractivity contribution is 6.31. The Kier molecular flexibility index (Phi) is 4.16. The monoisotopic (exact) mass is 279 g/mol. The van der Waals surface area contributed by atoms with E-state index in [9.17, 15) is 0 Å². The molecule has 3 nitrogen and oxygen atoms in total. The van der Waals surface area contributed by atoms with Crippen molar-refractivity contribution in [3.63, 3.8) is 0 Å². The van der Waals surface area contributed by atoms with E-state index >= 15 is 0 Å². The first-order valence-corrected chi connectivity index (χ1v) is 7.20. The summed E-state index contributed by atoms with van der Waals surface area (Å²) in [5.74, 6) is 1.50. The molecule has 1 unspecified atom stereocenters. The number of hydrogen-bond acceptors (Lipinski definition) is 2. The molecule has 0 fully saturated rings. The zero-order valence-corrected chi connectivity index (χ0v) is 12.8. The van der Waals surface area contributed by atoms with Crippen LogP contribution < -0.4 is 5.73 Å². The Labute approximate surface area is 119 Å². The lowest BCUT2D eigenvalue weighted by Gasteiger charge is -2.18. The molecule has 104 valence electrons. The highest BCUT2D eigenvalue weighted by atomic mass is 35.5. The van der Waals surface area contributed by atoms with Crippen LogP contribution in [-0.2, 0) is 6.42 Å². The van der Waals surface area contributed by atoms with Crippen LogP contribution in [0.4, 0.5) is 0 Å². The van der Waals surface area contributed by atoms with E-state index in [0.717, 1.165) is 28.3 Å². The molecule has 1 atom stereocenters. The van der Waals surface area contributed by atoms with Crippen molar-refractivity contribution in [2.24, 2.45) is 11.7 Å². The summed E-state index contributed by atoms with van der Waals surface area (Å²) in [6.45, 7) is 8.60. The maximum Gasteiger partial charge on any atom is 0.111 e. The van der Waals surface area contributed by atoms with E-state index < -0.39 is 0 Å². The number of aromatic nitrogens is 2. The third kappa shape index (κ3) is 2.93. The second kappa shape index (κ2) is 5.51. The maximum absolute atomic E-state index is 6.19. The smallest absolute Gasteiger partial charge is 0.111 e. The van der Waals surface area contributed by atoms with Crippen molar-refractivity contribution in [3.05, 3.63) is 29.0 Å². The van der Waals surface area contributed by atoms with Gasteiger partial charge in [0.05, 0.1) is 11.0 Å². The molecule has 2 N–H and O–H groups in total. The predicted octanol–water partition coefficient (Wildman–Crippen LogP) is 3.80. The van der Waals surface area contributed by atoms with Crippen molar-refractivity contribution < 1.29 is 0 Å². The van der Waals surface area contributed by atoms with Crippen LogP contribution >= 0.6 is 11.6 Å². The first kappa shape index (κ1) is 14.4. The van der Waals surface area contributed by atoms with Crippen molar-refractivity contribution in [1.29, 1.82) is 0 Å². The number of rotatable bonds is 4. The highest BCUT2D eigenvalue weighted by Gasteiger charge is 2.17. The Morgan fingerprint density at radius 1 is 1.26 bits per heavy atom. The van der Waals surface area contributed by atoms with Crippen LogP contribution in [0.15, 0.2) is 18.2 Å². The Morgan fingerprint density at radius 3 is 2.53 bits per heavy atom. The normalized spacial score (nSPS) is 13.7. The molecule has 0 radical (unpaired) electrons. The van der Waals surface area contributed by atoms with Crippen molar-refractivity contribution in [3.8, 4) is 0 Å². The van der Waals surface area contributed by atoms with Gasteiger partial charge in [-0.3, -0.25) is 0 Å². The quantitative estimate of drug-likeness (QED) is 0.925. The Morgan fingerprint density at radius 2 is 1.95 bits per heavy atom. The van der Waals surface area contributed by atoms with Crippen LogP contribution in [0.25, 0.3) is 11.0 Å². The summed E-state index contributed by atoms with van der Waals surface area (Å²) in [5.41, 5.74) is 8.27. The van der Waals surface area contributed by atoms with Gasteiger partial charge in [-0.1, -0.05) is 25.4 Å². The number of nitrogens with zero attached hydrogens (tertiary/aromatic N) is 2. The summed E-state index contributed by atoms with van der Waals surface area (Å²) in [5, 5.41) is 0.744. The molecule has 19 heavy (non-hydrogen) atoms. The maximum atomic E-state index is 6.19. The minimum atomic E-state index is 0.129. The first-order valence-electron chi connectivity index (χ1n) is 6.82. The van der Waals surface area contributed by atoms with Crippen LogP contribution in [0, 0.1) is 5.92 Å². The summed E-state index contributed by atoms with van der Waals surface area (Å²) in [4.78, 5) is 4.72. The van der Waals surface area contributed by atoms with Crippen molar-refractivity contribution in [2.75, 3.05) is 0 Å². The van der Waals surface area contributed by atoms with E-state index in [1.54, 1.807) is 0 Å². The fourth-order valence-electron chi connectivity index (χ4n) is 2.28. The lowest BCUT2D eigenvalue weighted by Crippen LogP contribution is -2.30. The second-order valence-corrected chi connectivity index (χ2v) is 6.17. The van der Waals surface area contributed by atoms with E-state index in [2.05, 4.69) is 32.3 Å². The van der Waals surface area contributed by atoms with E-state index in [0.29, 0.717) is 12.0 Å². The Balaban J connectivity index is 2.51. The molecule has 0 amide bonds. The molecule has 1 heterocycles. The lowest BCUT2D eigenvalue weighted by atomic mass is 10.0. The van der Waals surface area contributed by atoms with Gasteiger partial charge in [0, 0.05) is 23.5 Å². The highest BCUT2D eigenvalue weighted by Crippen LogP contribution is 2.25. The molecule has 0 aliphatic carbocycles. The standard InChI is InChI=1S/C15H22ClN3/c1-9(2)12(17)8-15-18-13-6-5-11(16)7-14(13)19(15)10(3)4/h5-7,9-10,12H,8,17H2,1-4H3. The number of fused-ring (bicyclic) bond motifs is 1. The molecule has 0 saturated carbocycles. The number of nitrogens with two attached hydrogens (primary N) is 1. The van der Waals surface area contributed by atoms with Gasteiger partial charge >= 0.3 is 0 Å². The van der Waals surface area contributed by atoms with Gasteiger partial charge in [0.15, 0.2) is 0 Å². The summed E-state index contributed by atoms with van der Waals surface area (Å²) in [7, 11) is 0. The van der Waals surface area contributed by atoms with Crippen molar-refractivity contribution >= 4 is 22.6 Å². The fraction of sp³-hybridized carbons (Fsp3) is 0.533. The molecule has 2 rings (SSSR count). The third-order valence-corrected chi connectivity index (χ3v) is 3.75. The van der Waals surface area contributed by atoms with Crippen LogP contribution in [-0.4, -0.2) is 15.6 Å².